The number of benzene rings is 2. The van der Waals surface area contributed by atoms with Crippen LogP contribution in [-0.2, 0) is 0 Å². The van der Waals surface area contributed by atoms with Crippen LogP contribution in [-0.4, -0.2) is 31.5 Å². The molecular formula is C21H25N3O3. The van der Waals surface area contributed by atoms with E-state index in [1.54, 1.807) is 30.3 Å². The van der Waals surface area contributed by atoms with Gasteiger partial charge in [-0.15, -0.1) is 0 Å². The van der Waals surface area contributed by atoms with Gasteiger partial charge in [-0.25, -0.2) is 0 Å². The number of hydrogen-bond donors (Lipinski definition) is 2. The van der Waals surface area contributed by atoms with E-state index in [0.29, 0.717) is 29.2 Å². The number of nitrogens with two attached hydrogens (primary N) is 1. The SMILES string of the molecule is CCOc1ccccc1C(=O)Nc1cc(C(N)=O)ccc1N1CCCCC1. The molecule has 1 aliphatic heterocycles. The van der Waals surface area contributed by atoms with E-state index >= 15 is 0 Å². The van der Waals surface area contributed by atoms with Crippen LogP contribution in [0.2, 0.25) is 0 Å². The molecule has 6 nitrogen and oxygen atoms in total. The van der Waals surface area contributed by atoms with E-state index in [1.807, 2.05) is 19.1 Å². The molecular weight excluding hydrogens is 342 g/mol. The highest BCUT2D eigenvalue weighted by Gasteiger charge is 2.19. The minimum absolute atomic E-state index is 0.279. The second-order valence-corrected chi connectivity index (χ2v) is 6.53. The van der Waals surface area contributed by atoms with Gasteiger partial charge in [-0.1, -0.05) is 12.1 Å². The third kappa shape index (κ3) is 4.39. The molecule has 2 amide bonds. The zero-order valence-electron chi connectivity index (χ0n) is 15.5. The fourth-order valence-electron chi connectivity index (χ4n) is 3.33. The van der Waals surface area contributed by atoms with Gasteiger partial charge in [0.2, 0.25) is 5.91 Å². The van der Waals surface area contributed by atoms with Crippen molar-refractivity contribution in [2.45, 2.75) is 26.2 Å². The summed E-state index contributed by atoms with van der Waals surface area (Å²) in [6.45, 7) is 4.20. The summed E-state index contributed by atoms with van der Waals surface area (Å²) >= 11 is 0. The molecule has 0 unspecified atom stereocenters. The van der Waals surface area contributed by atoms with Crippen LogP contribution in [0.5, 0.6) is 5.75 Å². The second-order valence-electron chi connectivity index (χ2n) is 6.53. The van der Waals surface area contributed by atoms with Crippen molar-refractivity contribution in [1.29, 1.82) is 0 Å². The van der Waals surface area contributed by atoms with Crippen molar-refractivity contribution in [3.63, 3.8) is 0 Å². The average molecular weight is 367 g/mol. The van der Waals surface area contributed by atoms with Crippen LogP contribution in [0, 0.1) is 0 Å². The first-order valence-corrected chi connectivity index (χ1v) is 9.32. The quantitative estimate of drug-likeness (QED) is 0.819. The third-order valence-electron chi connectivity index (χ3n) is 4.66. The van der Waals surface area contributed by atoms with E-state index in [0.717, 1.165) is 31.6 Å². The average Bonchev–Trinajstić information content (AvgIpc) is 2.69. The van der Waals surface area contributed by atoms with Gasteiger partial charge in [0.05, 0.1) is 23.5 Å². The molecule has 142 valence electrons. The second kappa shape index (κ2) is 8.58. The lowest BCUT2D eigenvalue weighted by Gasteiger charge is -2.30. The zero-order chi connectivity index (χ0) is 19.2. The van der Waals surface area contributed by atoms with Crippen LogP contribution in [0.4, 0.5) is 11.4 Å². The molecule has 1 heterocycles. The van der Waals surface area contributed by atoms with E-state index in [4.69, 9.17) is 10.5 Å². The monoisotopic (exact) mass is 367 g/mol. The third-order valence-corrected chi connectivity index (χ3v) is 4.66. The predicted octanol–water partition coefficient (Wildman–Crippen LogP) is 3.43. The van der Waals surface area contributed by atoms with E-state index in [2.05, 4.69) is 10.2 Å². The minimum Gasteiger partial charge on any atom is -0.493 e. The molecule has 3 N–H and O–H groups in total. The summed E-state index contributed by atoms with van der Waals surface area (Å²) in [5.74, 6) is -0.271. The molecule has 0 spiro atoms. The van der Waals surface area contributed by atoms with Crippen molar-refractivity contribution in [2.24, 2.45) is 5.73 Å². The first-order chi connectivity index (χ1) is 13.1. The maximum Gasteiger partial charge on any atom is 0.259 e. The van der Waals surface area contributed by atoms with Gasteiger partial charge in [0, 0.05) is 18.7 Å². The minimum atomic E-state index is -0.523. The lowest BCUT2D eigenvalue weighted by Crippen LogP contribution is -2.30. The fraction of sp³-hybridized carbons (Fsp3) is 0.333. The molecule has 6 heteroatoms. The van der Waals surface area contributed by atoms with E-state index in [-0.39, 0.29) is 5.91 Å². The number of carbonyl (C=O) groups excluding carboxylic acids is 2. The summed E-state index contributed by atoms with van der Waals surface area (Å²) in [7, 11) is 0. The number of amides is 2. The maximum absolute atomic E-state index is 12.9. The molecule has 27 heavy (non-hydrogen) atoms. The van der Waals surface area contributed by atoms with E-state index < -0.39 is 5.91 Å². The first kappa shape index (κ1) is 18.8. The first-order valence-electron chi connectivity index (χ1n) is 9.32. The Morgan fingerprint density at radius 3 is 2.56 bits per heavy atom. The molecule has 0 bridgehead atoms. The Bertz CT molecular complexity index is 829. The van der Waals surface area contributed by atoms with Gasteiger partial charge in [0.15, 0.2) is 0 Å². The van der Waals surface area contributed by atoms with Crippen molar-refractivity contribution in [3.05, 3.63) is 53.6 Å². The summed E-state index contributed by atoms with van der Waals surface area (Å²) in [5.41, 5.74) is 7.74. The van der Waals surface area contributed by atoms with Crippen LogP contribution < -0.4 is 20.7 Å². The molecule has 2 aromatic carbocycles. The standard InChI is InChI=1S/C21H25N3O3/c1-2-27-19-9-5-4-8-16(19)21(26)23-17-14-15(20(22)25)10-11-18(17)24-12-6-3-7-13-24/h4-5,8-11,14H,2-3,6-7,12-13H2,1H3,(H2,22,25)(H,23,26). The number of hydrogen-bond acceptors (Lipinski definition) is 4. The molecule has 0 radical (unpaired) electrons. The van der Waals surface area contributed by atoms with Gasteiger partial charge in [-0.05, 0) is 56.5 Å². The Morgan fingerprint density at radius 1 is 1.11 bits per heavy atom. The number of nitrogens with one attached hydrogen (secondary N) is 1. The summed E-state index contributed by atoms with van der Waals surface area (Å²) in [6, 6.07) is 12.3. The number of piperidine rings is 1. The number of carbonyl (C=O) groups is 2. The number of rotatable bonds is 6. The number of para-hydroxylation sites is 1. The normalized spacial score (nSPS) is 13.9. The van der Waals surface area contributed by atoms with Gasteiger partial charge in [-0.3, -0.25) is 9.59 Å². The zero-order valence-corrected chi connectivity index (χ0v) is 15.5. The van der Waals surface area contributed by atoms with Crippen molar-refractivity contribution < 1.29 is 14.3 Å². The molecule has 0 aromatic heterocycles. The maximum atomic E-state index is 12.9. The Morgan fingerprint density at radius 2 is 1.85 bits per heavy atom. The molecule has 0 saturated carbocycles. The predicted molar refractivity (Wildman–Crippen MR) is 107 cm³/mol. The van der Waals surface area contributed by atoms with Crippen LogP contribution in [0.3, 0.4) is 0 Å². The molecule has 0 atom stereocenters. The Labute approximate surface area is 159 Å². The molecule has 1 fully saturated rings. The van der Waals surface area contributed by atoms with Crippen LogP contribution in [0.1, 0.15) is 46.9 Å². The molecule has 2 aromatic rings. The smallest absolute Gasteiger partial charge is 0.259 e. The number of ether oxygens (including phenoxy) is 1. The summed E-state index contributed by atoms with van der Waals surface area (Å²) < 4.78 is 5.56. The van der Waals surface area contributed by atoms with E-state index in [1.165, 1.54) is 6.42 Å². The van der Waals surface area contributed by atoms with Gasteiger partial charge in [0.25, 0.3) is 5.91 Å². The van der Waals surface area contributed by atoms with Crippen LogP contribution in [0.15, 0.2) is 42.5 Å². The Hall–Kier alpha value is -3.02. The van der Waals surface area contributed by atoms with Crippen molar-refractivity contribution in [1.82, 2.24) is 0 Å². The topological polar surface area (TPSA) is 84.7 Å². The Balaban J connectivity index is 1.93. The van der Waals surface area contributed by atoms with Gasteiger partial charge >= 0.3 is 0 Å². The highest BCUT2D eigenvalue weighted by molar-refractivity contribution is 6.08. The number of nitrogens with zero attached hydrogens (tertiary/aromatic N) is 1. The highest BCUT2D eigenvalue weighted by atomic mass is 16.5. The largest absolute Gasteiger partial charge is 0.493 e. The molecule has 1 saturated heterocycles. The highest BCUT2D eigenvalue weighted by Crippen LogP contribution is 2.31. The summed E-state index contributed by atoms with van der Waals surface area (Å²) in [4.78, 5) is 26.7. The molecule has 1 aliphatic rings. The van der Waals surface area contributed by atoms with Crippen LogP contribution >= 0.6 is 0 Å². The molecule has 0 aliphatic carbocycles. The van der Waals surface area contributed by atoms with Gasteiger partial charge < -0.3 is 20.7 Å². The number of primary amides is 1. The fourth-order valence-corrected chi connectivity index (χ4v) is 3.33. The van der Waals surface area contributed by atoms with Crippen molar-refractivity contribution in [3.8, 4) is 5.75 Å². The van der Waals surface area contributed by atoms with Crippen LogP contribution in [0.25, 0.3) is 0 Å². The van der Waals surface area contributed by atoms with Gasteiger partial charge in [-0.2, -0.15) is 0 Å². The van der Waals surface area contributed by atoms with Crippen molar-refractivity contribution in [2.75, 3.05) is 29.9 Å². The van der Waals surface area contributed by atoms with Gasteiger partial charge in [0.1, 0.15) is 5.75 Å². The lowest BCUT2D eigenvalue weighted by atomic mass is 10.1. The van der Waals surface area contributed by atoms with Crippen molar-refractivity contribution >= 4 is 23.2 Å². The molecule has 3 rings (SSSR count). The van der Waals surface area contributed by atoms with E-state index in [9.17, 15) is 9.59 Å². The lowest BCUT2D eigenvalue weighted by molar-refractivity contribution is 0.0995. The summed E-state index contributed by atoms with van der Waals surface area (Å²) in [5, 5.41) is 2.95. The Kier molecular flexibility index (Phi) is 5.96. The number of anilines is 2. The summed E-state index contributed by atoms with van der Waals surface area (Å²) in [6.07, 6.45) is 3.43.